The molecule has 2 N–H and O–H groups in total. The molecule has 0 aliphatic heterocycles. The van der Waals surface area contributed by atoms with Crippen LogP contribution in [0.3, 0.4) is 0 Å². The molecule has 0 saturated heterocycles. The molecule has 1 aromatic carbocycles. The zero-order valence-corrected chi connectivity index (χ0v) is 13.2. The van der Waals surface area contributed by atoms with E-state index in [0.717, 1.165) is 18.7 Å². The number of hydrogen-bond acceptors (Lipinski definition) is 2. The Morgan fingerprint density at radius 1 is 1.20 bits per heavy atom. The van der Waals surface area contributed by atoms with E-state index in [-0.39, 0.29) is 12.1 Å². The first-order chi connectivity index (χ1) is 9.49. The number of amides is 2. The first-order valence-electron chi connectivity index (χ1n) is 7.34. The molecule has 0 saturated carbocycles. The Morgan fingerprint density at radius 2 is 1.80 bits per heavy atom. The highest BCUT2D eigenvalue weighted by Crippen LogP contribution is 2.16. The lowest BCUT2D eigenvalue weighted by Gasteiger charge is -2.26. The molecule has 4 nitrogen and oxygen atoms in total. The summed E-state index contributed by atoms with van der Waals surface area (Å²) in [5, 5.41) is 6.15. The third kappa shape index (κ3) is 4.53. The standard InChI is InChI=1S/C16H27N3O/c1-6-11-19(12(2)3)16(20)18-15-9-7-14(8-10-15)13(4)17-5/h7-10,12-13,17H,6,11H2,1-5H3,(H,18,20). The highest BCUT2D eigenvalue weighted by molar-refractivity contribution is 5.89. The van der Waals surface area contributed by atoms with Crippen molar-refractivity contribution in [2.45, 2.75) is 46.2 Å². The van der Waals surface area contributed by atoms with Crippen LogP contribution in [-0.4, -0.2) is 30.6 Å². The summed E-state index contributed by atoms with van der Waals surface area (Å²) in [7, 11) is 1.94. The van der Waals surface area contributed by atoms with Gasteiger partial charge in [-0.05, 0) is 51.9 Å². The zero-order chi connectivity index (χ0) is 15.1. The van der Waals surface area contributed by atoms with Crippen molar-refractivity contribution in [1.82, 2.24) is 10.2 Å². The molecule has 0 bridgehead atoms. The average molecular weight is 277 g/mol. The lowest BCUT2D eigenvalue weighted by atomic mass is 10.1. The van der Waals surface area contributed by atoms with Crippen molar-refractivity contribution in [2.24, 2.45) is 0 Å². The molecule has 0 aliphatic carbocycles. The normalized spacial score (nSPS) is 12.3. The molecule has 20 heavy (non-hydrogen) atoms. The van der Waals surface area contributed by atoms with E-state index < -0.39 is 0 Å². The van der Waals surface area contributed by atoms with E-state index in [9.17, 15) is 4.79 Å². The fraction of sp³-hybridized carbons (Fsp3) is 0.562. The van der Waals surface area contributed by atoms with Gasteiger partial charge in [0.15, 0.2) is 0 Å². The van der Waals surface area contributed by atoms with Crippen LogP contribution >= 0.6 is 0 Å². The molecular formula is C16H27N3O. The number of nitrogens with zero attached hydrogens (tertiary/aromatic N) is 1. The third-order valence-electron chi connectivity index (χ3n) is 3.44. The molecule has 1 atom stereocenters. The van der Waals surface area contributed by atoms with Gasteiger partial charge in [-0.3, -0.25) is 0 Å². The van der Waals surface area contributed by atoms with Crippen LogP contribution in [0, 0.1) is 0 Å². The van der Waals surface area contributed by atoms with Gasteiger partial charge < -0.3 is 15.5 Å². The summed E-state index contributed by atoms with van der Waals surface area (Å²) in [5.74, 6) is 0. The molecule has 2 amide bonds. The number of carbonyl (C=O) groups excluding carboxylic acids is 1. The molecule has 0 radical (unpaired) electrons. The summed E-state index contributed by atoms with van der Waals surface area (Å²) < 4.78 is 0. The number of rotatable bonds is 6. The Bertz CT molecular complexity index is 414. The van der Waals surface area contributed by atoms with E-state index in [0.29, 0.717) is 6.04 Å². The molecular weight excluding hydrogens is 250 g/mol. The maximum absolute atomic E-state index is 12.2. The summed E-state index contributed by atoms with van der Waals surface area (Å²) in [6, 6.07) is 8.46. The predicted molar refractivity (Wildman–Crippen MR) is 85.1 cm³/mol. The van der Waals surface area contributed by atoms with Crippen LogP contribution in [0.4, 0.5) is 10.5 Å². The van der Waals surface area contributed by atoms with Gasteiger partial charge in [0.05, 0.1) is 0 Å². The van der Waals surface area contributed by atoms with Gasteiger partial charge in [0.1, 0.15) is 0 Å². The second kappa shape index (κ2) is 7.90. The van der Waals surface area contributed by atoms with Gasteiger partial charge >= 0.3 is 6.03 Å². The van der Waals surface area contributed by atoms with Crippen molar-refractivity contribution in [3.8, 4) is 0 Å². The summed E-state index contributed by atoms with van der Waals surface area (Å²) in [5.41, 5.74) is 2.04. The largest absolute Gasteiger partial charge is 0.322 e. The van der Waals surface area contributed by atoms with Crippen molar-refractivity contribution in [3.63, 3.8) is 0 Å². The highest BCUT2D eigenvalue weighted by Gasteiger charge is 2.15. The SMILES string of the molecule is CCCN(C(=O)Nc1ccc(C(C)NC)cc1)C(C)C. The van der Waals surface area contributed by atoms with Crippen molar-refractivity contribution in [3.05, 3.63) is 29.8 Å². The lowest BCUT2D eigenvalue weighted by molar-refractivity contribution is 0.197. The topological polar surface area (TPSA) is 44.4 Å². The maximum atomic E-state index is 12.2. The maximum Gasteiger partial charge on any atom is 0.322 e. The predicted octanol–water partition coefficient (Wildman–Crippen LogP) is 3.62. The van der Waals surface area contributed by atoms with Crippen LogP contribution in [0.15, 0.2) is 24.3 Å². The van der Waals surface area contributed by atoms with Crippen molar-refractivity contribution in [2.75, 3.05) is 18.9 Å². The van der Waals surface area contributed by atoms with Crippen LogP contribution in [-0.2, 0) is 0 Å². The van der Waals surface area contributed by atoms with Crippen molar-refractivity contribution < 1.29 is 4.79 Å². The van der Waals surface area contributed by atoms with E-state index in [2.05, 4.69) is 24.5 Å². The van der Waals surface area contributed by atoms with Gasteiger partial charge in [-0.2, -0.15) is 0 Å². The molecule has 112 valence electrons. The van der Waals surface area contributed by atoms with E-state index in [4.69, 9.17) is 0 Å². The van der Waals surface area contributed by atoms with E-state index in [1.54, 1.807) is 0 Å². The quantitative estimate of drug-likeness (QED) is 0.834. The zero-order valence-electron chi connectivity index (χ0n) is 13.2. The van der Waals surface area contributed by atoms with Crippen LogP contribution in [0.25, 0.3) is 0 Å². The van der Waals surface area contributed by atoms with E-state index in [1.165, 1.54) is 5.56 Å². The van der Waals surface area contributed by atoms with Crippen molar-refractivity contribution in [1.29, 1.82) is 0 Å². The molecule has 0 aromatic heterocycles. The molecule has 1 rings (SSSR count). The number of nitrogens with one attached hydrogen (secondary N) is 2. The molecule has 0 spiro atoms. The number of benzene rings is 1. The Morgan fingerprint density at radius 3 is 2.25 bits per heavy atom. The van der Waals surface area contributed by atoms with Crippen LogP contribution in [0.5, 0.6) is 0 Å². The third-order valence-corrected chi connectivity index (χ3v) is 3.44. The van der Waals surface area contributed by atoms with Gasteiger partial charge in [-0.15, -0.1) is 0 Å². The lowest BCUT2D eigenvalue weighted by Crippen LogP contribution is -2.40. The summed E-state index contributed by atoms with van der Waals surface area (Å²) in [6.45, 7) is 9.03. The fourth-order valence-corrected chi connectivity index (χ4v) is 2.05. The van der Waals surface area contributed by atoms with Gasteiger partial charge in [0, 0.05) is 24.3 Å². The Kier molecular flexibility index (Phi) is 6.52. The minimum Gasteiger partial charge on any atom is -0.322 e. The Balaban J connectivity index is 2.70. The molecule has 1 aromatic rings. The van der Waals surface area contributed by atoms with Crippen molar-refractivity contribution >= 4 is 11.7 Å². The average Bonchev–Trinajstić information content (AvgIpc) is 2.44. The molecule has 1 unspecified atom stereocenters. The fourth-order valence-electron chi connectivity index (χ4n) is 2.05. The minimum absolute atomic E-state index is 0.0312. The summed E-state index contributed by atoms with van der Waals surface area (Å²) in [6.07, 6.45) is 0.963. The Labute approximate surface area is 122 Å². The van der Waals surface area contributed by atoms with Crippen LogP contribution in [0.1, 0.15) is 45.7 Å². The molecule has 0 aliphatic rings. The molecule has 4 heteroatoms. The van der Waals surface area contributed by atoms with E-state index in [1.807, 2.05) is 50.1 Å². The van der Waals surface area contributed by atoms with Gasteiger partial charge in [0.25, 0.3) is 0 Å². The van der Waals surface area contributed by atoms with Gasteiger partial charge in [0.2, 0.25) is 0 Å². The number of hydrogen-bond donors (Lipinski definition) is 2. The van der Waals surface area contributed by atoms with Crippen LogP contribution in [0.2, 0.25) is 0 Å². The van der Waals surface area contributed by atoms with Crippen LogP contribution < -0.4 is 10.6 Å². The monoisotopic (exact) mass is 277 g/mol. The van der Waals surface area contributed by atoms with Gasteiger partial charge in [-0.1, -0.05) is 19.1 Å². The number of anilines is 1. The highest BCUT2D eigenvalue weighted by atomic mass is 16.2. The second-order valence-electron chi connectivity index (χ2n) is 5.35. The molecule has 0 heterocycles. The summed E-state index contributed by atoms with van der Waals surface area (Å²) in [4.78, 5) is 14.1. The molecule has 0 fully saturated rings. The first-order valence-corrected chi connectivity index (χ1v) is 7.34. The number of urea groups is 1. The van der Waals surface area contributed by atoms with Gasteiger partial charge in [-0.25, -0.2) is 4.79 Å². The van der Waals surface area contributed by atoms with E-state index >= 15 is 0 Å². The summed E-state index contributed by atoms with van der Waals surface area (Å²) >= 11 is 0. The smallest absolute Gasteiger partial charge is 0.322 e. The first kappa shape index (κ1) is 16.5. The number of carbonyl (C=O) groups is 1. The minimum atomic E-state index is -0.0312. The second-order valence-corrected chi connectivity index (χ2v) is 5.35. The Hall–Kier alpha value is -1.55.